The first-order valence-corrected chi connectivity index (χ1v) is 6.65. The Bertz CT molecular complexity index is 595. The third kappa shape index (κ3) is 3.28. The van der Waals surface area contributed by atoms with E-state index in [1.54, 1.807) is 30.6 Å². The summed E-state index contributed by atoms with van der Waals surface area (Å²) < 4.78 is 1.81. The number of hydrogen-bond acceptors (Lipinski definition) is 2. The minimum Gasteiger partial charge on any atom is -0.342 e. The van der Waals surface area contributed by atoms with Crippen LogP contribution in [0.15, 0.2) is 30.6 Å². The number of amides is 1. The number of nitrogens with one attached hydrogen (secondary N) is 1. The molecule has 2 aromatic heterocycles. The van der Waals surface area contributed by atoms with Crippen LogP contribution in [0.3, 0.4) is 0 Å². The molecule has 4 nitrogen and oxygen atoms in total. The number of halogens is 2. The Morgan fingerprint density at radius 2 is 2.26 bits per heavy atom. The molecule has 0 atom stereocenters. The molecule has 0 radical (unpaired) electrons. The zero-order valence-corrected chi connectivity index (χ0v) is 11.9. The number of carbonyl (C=O) groups excluding carboxylic acids is 1. The van der Waals surface area contributed by atoms with Gasteiger partial charge in [-0.25, -0.2) is 4.98 Å². The summed E-state index contributed by atoms with van der Waals surface area (Å²) in [5.74, 6) is 0.0653. The highest BCUT2D eigenvalue weighted by atomic mass is 35.5. The number of aromatic nitrogens is 2. The summed E-state index contributed by atoms with van der Waals surface area (Å²) in [5, 5.41) is 3.61. The Hall–Kier alpha value is -1.52. The molecule has 0 aliphatic rings. The van der Waals surface area contributed by atoms with Gasteiger partial charge in [-0.05, 0) is 24.6 Å². The van der Waals surface area contributed by atoms with Crippen LogP contribution in [0, 0.1) is 0 Å². The number of aryl methyl sites for hydroxylation is 1. The Kier molecular flexibility index (Phi) is 4.45. The van der Waals surface area contributed by atoms with E-state index in [1.165, 1.54) is 0 Å². The first-order valence-electron chi connectivity index (χ1n) is 5.89. The third-order valence-corrected chi connectivity index (χ3v) is 3.06. The SMILES string of the molecule is CCCn1cc(Cl)cc1C(=O)Nc1ncccc1Cl. The molecule has 0 aliphatic carbocycles. The summed E-state index contributed by atoms with van der Waals surface area (Å²) in [5.41, 5.74) is 0.494. The number of anilines is 1. The molecular formula is C13H13Cl2N3O. The van der Waals surface area contributed by atoms with Crippen LogP contribution < -0.4 is 5.32 Å². The second kappa shape index (κ2) is 6.08. The molecule has 2 rings (SSSR count). The molecule has 0 spiro atoms. The van der Waals surface area contributed by atoms with Gasteiger partial charge in [0.25, 0.3) is 5.91 Å². The second-order valence-electron chi connectivity index (χ2n) is 4.02. The van der Waals surface area contributed by atoms with E-state index in [0.29, 0.717) is 21.6 Å². The van der Waals surface area contributed by atoms with Gasteiger partial charge in [-0.2, -0.15) is 0 Å². The fourth-order valence-electron chi connectivity index (χ4n) is 1.74. The lowest BCUT2D eigenvalue weighted by molar-refractivity contribution is 0.101. The molecule has 100 valence electrons. The maximum atomic E-state index is 12.2. The number of nitrogens with zero attached hydrogens (tertiary/aromatic N) is 2. The molecule has 2 aromatic rings. The highest BCUT2D eigenvalue weighted by Crippen LogP contribution is 2.20. The summed E-state index contributed by atoms with van der Waals surface area (Å²) >= 11 is 11.9. The molecule has 0 fully saturated rings. The van der Waals surface area contributed by atoms with Gasteiger partial charge in [-0.1, -0.05) is 30.1 Å². The molecule has 1 amide bonds. The minimum atomic E-state index is -0.277. The molecule has 0 aliphatic heterocycles. The molecule has 0 bridgehead atoms. The van der Waals surface area contributed by atoms with Crippen LogP contribution in [0.5, 0.6) is 0 Å². The Balaban J connectivity index is 2.23. The molecule has 0 aromatic carbocycles. The van der Waals surface area contributed by atoms with Crippen molar-refractivity contribution in [2.45, 2.75) is 19.9 Å². The van der Waals surface area contributed by atoms with E-state index in [2.05, 4.69) is 10.3 Å². The van der Waals surface area contributed by atoms with Crippen molar-refractivity contribution in [3.63, 3.8) is 0 Å². The van der Waals surface area contributed by atoms with Crippen LogP contribution in [-0.4, -0.2) is 15.5 Å². The van der Waals surface area contributed by atoms with Crippen molar-refractivity contribution >= 4 is 34.9 Å². The lowest BCUT2D eigenvalue weighted by atomic mass is 10.3. The first kappa shape index (κ1) is 13.9. The van der Waals surface area contributed by atoms with Crippen LogP contribution in [0.2, 0.25) is 10.0 Å². The zero-order chi connectivity index (χ0) is 13.8. The van der Waals surface area contributed by atoms with E-state index in [9.17, 15) is 4.79 Å². The maximum absolute atomic E-state index is 12.2. The zero-order valence-electron chi connectivity index (χ0n) is 10.4. The van der Waals surface area contributed by atoms with Crippen molar-refractivity contribution in [3.8, 4) is 0 Å². The Morgan fingerprint density at radius 3 is 2.95 bits per heavy atom. The predicted octanol–water partition coefficient (Wildman–Crippen LogP) is 3.85. The van der Waals surface area contributed by atoms with Crippen molar-refractivity contribution in [1.82, 2.24) is 9.55 Å². The van der Waals surface area contributed by atoms with Crippen LogP contribution in [-0.2, 0) is 6.54 Å². The molecule has 1 N–H and O–H groups in total. The van der Waals surface area contributed by atoms with Crippen molar-refractivity contribution in [3.05, 3.63) is 46.3 Å². The maximum Gasteiger partial charge on any atom is 0.273 e. The van der Waals surface area contributed by atoms with Gasteiger partial charge >= 0.3 is 0 Å². The Labute approximate surface area is 121 Å². The molecule has 6 heteroatoms. The van der Waals surface area contributed by atoms with E-state index in [-0.39, 0.29) is 5.91 Å². The van der Waals surface area contributed by atoms with Gasteiger partial charge in [0.15, 0.2) is 5.82 Å². The van der Waals surface area contributed by atoms with Crippen molar-refractivity contribution in [2.75, 3.05) is 5.32 Å². The fraction of sp³-hybridized carbons (Fsp3) is 0.231. The van der Waals surface area contributed by atoms with E-state index >= 15 is 0 Å². The molecule has 19 heavy (non-hydrogen) atoms. The molecule has 0 unspecified atom stereocenters. The number of carbonyl (C=O) groups is 1. The lowest BCUT2D eigenvalue weighted by Gasteiger charge is -2.08. The third-order valence-electron chi connectivity index (χ3n) is 2.55. The summed E-state index contributed by atoms with van der Waals surface area (Å²) in [6, 6.07) is 5.00. The first-order chi connectivity index (χ1) is 9.11. The monoisotopic (exact) mass is 297 g/mol. The van der Waals surface area contributed by atoms with Crippen molar-refractivity contribution in [1.29, 1.82) is 0 Å². The smallest absolute Gasteiger partial charge is 0.273 e. The quantitative estimate of drug-likeness (QED) is 0.932. The normalized spacial score (nSPS) is 10.5. The Morgan fingerprint density at radius 1 is 1.47 bits per heavy atom. The van der Waals surface area contributed by atoms with Crippen LogP contribution in [0.25, 0.3) is 0 Å². The molecular weight excluding hydrogens is 285 g/mol. The number of hydrogen-bond donors (Lipinski definition) is 1. The molecule has 0 saturated heterocycles. The van der Waals surface area contributed by atoms with Crippen LogP contribution >= 0.6 is 23.2 Å². The van der Waals surface area contributed by atoms with Crippen molar-refractivity contribution < 1.29 is 4.79 Å². The van der Waals surface area contributed by atoms with Gasteiger partial charge in [0, 0.05) is 18.9 Å². The highest BCUT2D eigenvalue weighted by Gasteiger charge is 2.14. The standard InChI is InChI=1S/C13H13Cl2N3O/c1-2-6-18-8-9(14)7-11(18)13(19)17-12-10(15)4-3-5-16-12/h3-5,7-8H,2,6H2,1H3,(H,16,17,19). The number of rotatable bonds is 4. The average Bonchev–Trinajstić information content (AvgIpc) is 2.74. The second-order valence-corrected chi connectivity index (χ2v) is 4.87. The van der Waals surface area contributed by atoms with Gasteiger partial charge in [-0.15, -0.1) is 0 Å². The van der Waals surface area contributed by atoms with Gasteiger partial charge < -0.3 is 9.88 Å². The van der Waals surface area contributed by atoms with E-state index < -0.39 is 0 Å². The largest absolute Gasteiger partial charge is 0.342 e. The average molecular weight is 298 g/mol. The van der Waals surface area contributed by atoms with Gasteiger partial charge in [0.2, 0.25) is 0 Å². The topological polar surface area (TPSA) is 46.9 Å². The molecule has 0 saturated carbocycles. The van der Waals surface area contributed by atoms with Crippen LogP contribution in [0.1, 0.15) is 23.8 Å². The van der Waals surface area contributed by atoms with E-state index in [0.717, 1.165) is 13.0 Å². The summed E-state index contributed by atoms with van der Waals surface area (Å²) in [6.45, 7) is 2.76. The molecule has 2 heterocycles. The van der Waals surface area contributed by atoms with Gasteiger partial charge in [0.1, 0.15) is 5.69 Å². The summed E-state index contributed by atoms with van der Waals surface area (Å²) in [6.07, 6.45) is 4.22. The minimum absolute atomic E-state index is 0.277. The van der Waals surface area contributed by atoms with E-state index in [4.69, 9.17) is 23.2 Å². The van der Waals surface area contributed by atoms with Crippen molar-refractivity contribution in [2.24, 2.45) is 0 Å². The number of pyridine rings is 1. The van der Waals surface area contributed by atoms with Gasteiger partial charge in [-0.3, -0.25) is 4.79 Å². The summed E-state index contributed by atoms with van der Waals surface area (Å²) in [4.78, 5) is 16.2. The van der Waals surface area contributed by atoms with Gasteiger partial charge in [0.05, 0.1) is 10.0 Å². The highest BCUT2D eigenvalue weighted by molar-refractivity contribution is 6.33. The lowest BCUT2D eigenvalue weighted by Crippen LogP contribution is -2.17. The van der Waals surface area contributed by atoms with Crippen LogP contribution in [0.4, 0.5) is 5.82 Å². The van der Waals surface area contributed by atoms with E-state index in [1.807, 2.05) is 11.5 Å². The summed E-state index contributed by atoms with van der Waals surface area (Å²) in [7, 11) is 0. The fourth-order valence-corrected chi connectivity index (χ4v) is 2.13. The predicted molar refractivity (Wildman–Crippen MR) is 76.9 cm³/mol.